The van der Waals surface area contributed by atoms with Gasteiger partial charge in [0.15, 0.2) is 17.2 Å². The van der Waals surface area contributed by atoms with E-state index in [9.17, 15) is 4.79 Å². The molecule has 1 amide bonds. The summed E-state index contributed by atoms with van der Waals surface area (Å²) in [5.74, 6) is 0.801. The molecule has 1 aromatic carbocycles. The van der Waals surface area contributed by atoms with E-state index in [2.05, 4.69) is 20.9 Å². The van der Waals surface area contributed by atoms with Crippen molar-refractivity contribution in [2.75, 3.05) is 45.8 Å². The quantitative estimate of drug-likeness (QED) is 0.640. The Kier molecular flexibility index (Phi) is 8.49. The zero-order valence-corrected chi connectivity index (χ0v) is 16.8. The van der Waals surface area contributed by atoms with Crippen LogP contribution in [0, 0.1) is 0 Å². The minimum absolute atomic E-state index is 0. The molecule has 2 aromatic rings. The van der Waals surface area contributed by atoms with Crippen LogP contribution in [0.25, 0.3) is 0 Å². The van der Waals surface area contributed by atoms with E-state index < -0.39 is 0 Å². The van der Waals surface area contributed by atoms with Crippen molar-refractivity contribution >= 4 is 24.0 Å². The van der Waals surface area contributed by atoms with Crippen LogP contribution in [-0.2, 0) is 4.74 Å². The van der Waals surface area contributed by atoms with E-state index >= 15 is 0 Å². The van der Waals surface area contributed by atoms with Gasteiger partial charge in [-0.15, -0.1) is 17.5 Å². The lowest BCUT2D eigenvalue weighted by atomic mass is 10.1. The van der Waals surface area contributed by atoms with Gasteiger partial charge in [0.1, 0.15) is 6.61 Å². The summed E-state index contributed by atoms with van der Waals surface area (Å²) < 4.78 is 17.7. The van der Waals surface area contributed by atoms with Crippen LogP contribution in [0.5, 0.6) is 11.5 Å². The Morgan fingerprint density at radius 3 is 2.75 bits per heavy atom. The Hall–Kier alpha value is -2.36. The van der Waals surface area contributed by atoms with Gasteiger partial charge in [0.05, 0.1) is 26.0 Å². The fraction of sp³-hybridized carbons (Fsp3) is 0.500. The molecule has 1 aromatic heterocycles. The average molecular weight is 412 g/mol. The van der Waals surface area contributed by atoms with Crippen LogP contribution in [0.15, 0.2) is 24.4 Å². The topological polar surface area (TPSA) is 99.5 Å². The number of amides is 1. The van der Waals surface area contributed by atoms with Gasteiger partial charge in [-0.3, -0.25) is 4.79 Å². The maximum Gasteiger partial charge on any atom is 0.277 e. The van der Waals surface area contributed by atoms with E-state index in [1.165, 1.54) is 0 Å². The fourth-order valence-corrected chi connectivity index (χ4v) is 2.93. The molecule has 3 rings (SSSR count). The second-order valence-electron chi connectivity index (χ2n) is 6.23. The number of piperidine rings is 1. The average Bonchev–Trinajstić information content (AvgIpc) is 3.20. The van der Waals surface area contributed by atoms with Gasteiger partial charge in [0.2, 0.25) is 0 Å². The van der Waals surface area contributed by atoms with Gasteiger partial charge in [-0.25, -0.2) is 4.68 Å². The SMILES string of the molecule is COCCOc1cc(NC(=O)c2cn(C3CCNCC3)nn2)ccc1OC.Cl. The summed E-state index contributed by atoms with van der Waals surface area (Å²) >= 11 is 0. The number of anilines is 1. The molecule has 0 atom stereocenters. The van der Waals surface area contributed by atoms with E-state index in [0.717, 1.165) is 25.9 Å². The number of hydrogen-bond acceptors (Lipinski definition) is 7. The molecule has 1 fully saturated rings. The van der Waals surface area contributed by atoms with Crippen molar-refractivity contribution in [1.29, 1.82) is 0 Å². The maximum absolute atomic E-state index is 12.5. The first-order valence-corrected chi connectivity index (χ1v) is 8.95. The van der Waals surface area contributed by atoms with Gasteiger partial charge < -0.3 is 24.8 Å². The molecule has 2 heterocycles. The van der Waals surface area contributed by atoms with Crippen molar-refractivity contribution in [2.24, 2.45) is 0 Å². The number of nitrogens with zero attached hydrogens (tertiary/aromatic N) is 3. The van der Waals surface area contributed by atoms with Crippen molar-refractivity contribution in [3.8, 4) is 11.5 Å². The number of rotatable bonds is 8. The standard InChI is InChI=1S/C18H25N5O4.ClH/c1-25-9-10-27-17-11-13(3-4-16(17)26-2)20-18(24)15-12-23(22-21-15)14-5-7-19-8-6-14;/h3-4,11-12,14,19H,5-10H2,1-2H3,(H,20,24);1H. The van der Waals surface area contributed by atoms with Crippen LogP contribution in [0.1, 0.15) is 29.4 Å². The van der Waals surface area contributed by atoms with Gasteiger partial charge >= 0.3 is 0 Å². The monoisotopic (exact) mass is 411 g/mol. The van der Waals surface area contributed by atoms with E-state index in [-0.39, 0.29) is 30.0 Å². The number of nitrogens with one attached hydrogen (secondary N) is 2. The Labute approximate surface area is 170 Å². The Morgan fingerprint density at radius 2 is 2.04 bits per heavy atom. The molecule has 0 spiro atoms. The van der Waals surface area contributed by atoms with Gasteiger partial charge in [-0.1, -0.05) is 5.21 Å². The van der Waals surface area contributed by atoms with E-state index in [1.807, 2.05) is 0 Å². The summed E-state index contributed by atoms with van der Waals surface area (Å²) in [5, 5.41) is 14.3. The van der Waals surface area contributed by atoms with Crippen LogP contribution in [0.3, 0.4) is 0 Å². The van der Waals surface area contributed by atoms with Gasteiger partial charge in [-0.05, 0) is 38.1 Å². The molecule has 9 nitrogen and oxygen atoms in total. The molecule has 154 valence electrons. The highest BCUT2D eigenvalue weighted by Gasteiger charge is 2.19. The number of carbonyl (C=O) groups is 1. The van der Waals surface area contributed by atoms with Crippen molar-refractivity contribution < 1.29 is 19.0 Å². The normalized spacial score (nSPS) is 14.2. The van der Waals surface area contributed by atoms with Crippen LogP contribution >= 0.6 is 12.4 Å². The first kappa shape index (κ1) is 21.9. The second-order valence-corrected chi connectivity index (χ2v) is 6.23. The molecule has 10 heteroatoms. The Bertz CT molecular complexity index is 764. The minimum Gasteiger partial charge on any atom is -0.493 e. The number of ether oxygens (including phenoxy) is 3. The van der Waals surface area contributed by atoms with E-state index in [4.69, 9.17) is 14.2 Å². The number of halogens is 1. The molecular formula is C18H26ClN5O4. The van der Waals surface area contributed by atoms with Crippen molar-refractivity contribution in [1.82, 2.24) is 20.3 Å². The fourth-order valence-electron chi connectivity index (χ4n) is 2.93. The molecular weight excluding hydrogens is 386 g/mol. The third-order valence-corrected chi connectivity index (χ3v) is 4.39. The number of aromatic nitrogens is 3. The van der Waals surface area contributed by atoms with Gasteiger partial charge in [-0.2, -0.15) is 0 Å². The Balaban J connectivity index is 0.00000280. The van der Waals surface area contributed by atoms with Gasteiger partial charge in [0, 0.05) is 18.9 Å². The van der Waals surface area contributed by atoms with Crippen LogP contribution in [0.2, 0.25) is 0 Å². The number of benzene rings is 1. The first-order chi connectivity index (χ1) is 13.2. The third kappa shape index (κ3) is 5.57. The predicted molar refractivity (Wildman–Crippen MR) is 107 cm³/mol. The lowest BCUT2D eigenvalue weighted by Crippen LogP contribution is -2.29. The molecule has 1 saturated heterocycles. The summed E-state index contributed by atoms with van der Waals surface area (Å²) in [5.41, 5.74) is 0.871. The Morgan fingerprint density at radius 1 is 1.25 bits per heavy atom. The summed E-state index contributed by atoms with van der Waals surface area (Å²) in [7, 11) is 3.17. The second kappa shape index (κ2) is 10.8. The zero-order chi connectivity index (χ0) is 19.1. The lowest BCUT2D eigenvalue weighted by Gasteiger charge is -2.22. The molecule has 0 saturated carbocycles. The number of carbonyl (C=O) groups excluding carboxylic acids is 1. The van der Waals surface area contributed by atoms with E-state index in [0.29, 0.717) is 30.4 Å². The molecule has 0 aliphatic carbocycles. The molecule has 28 heavy (non-hydrogen) atoms. The summed E-state index contributed by atoms with van der Waals surface area (Å²) in [4.78, 5) is 12.5. The third-order valence-electron chi connectivity index (χ3n) is 4.39. The first-order valence-electron chi connectivity index (χ1n) is 8.95. The molecule has 1 aliphatic heterocycles. The van der Waals surface area contributed by atoms with E-state index in [1.54, 1.807) is 43.3 Å². The molecule has 0 radical (unpaired) electrons. The van der Waals surface area contributed by atoms with Crippen LogP contribution < -0.4 is 20.1 Å². The summed E-state index contributed by atoms with van der Waals surface area (Å²) in [6.07, 6.45) is 3.65. The van der Waals surface area contributed by atoms with Crippen molar-refractivity contribution in [3.05, 3.63) is 30.1 Å². The summed E-state index contributed by atoms with van der Waals surface area (Å²) in [6.45, 7) is 2.74. The lowest BCUT2D eigenvalue weighted by molar-refractivity contribution is 0.102. The highest BCUT2D eigenvalue weighted by Crippen LogP contribution is 2.30. The van der Waals surface area contributed by atoms with Gasteiger partial charge in [0.25, 0.3) is 5.91 Å². The molecule has 1 aliphatic rings. The molecule has 0 unspecified atom stereocenters. The number of hydrogen-bond donors (Lipinski definition) is 2. The minimum atomic E-state index is -0.316. The zero-order valence-electron chi connectivity index (χ0n) is 16.0. The largest absolute Gasteiger partial charge is 0.493 e. The number of methoxy groups -OCH3 is 2. The summed E-state index contributed by atoms with van der Waals surface area (Å²) in [6, 6.07) is 5.48. The maximum atomic E-state index is 12.5. The molecule has 0 bridgehead atoms. The van der Waals surface area contributed by atoms with Crippen molar-refractivity contribution in [2.45, 2.75) is 18.9 Å². The van der Waals surface area contributed by atoms with Crippen LogP contribution in [-0.4, -0.2) is 61.4 Å². The highest BCUT2D eigenvalue weighted by molar-refractivity contribution is 6.02. The smallest absolute Gasteiger partial charge is 0.277 e. The predicted octanol–water partition coefficient (Wildman–Crippen LogP) is 1.91. The van der Waals surface area contributed by atoms with Crippen molar-refractivity contribution in [3.63, 3.8) is 0 Å². The highest BCUT2D eigenvalue weighted by atomic mass is 35.5. The molecule has 2 N–H and O–H groups in total. The van der Waals surface area contributed by atoms with Crippen LogP contribution in [0.4, 0.5) is 5.69 Å².